The molecule has 1 fully saturated rings. The van der Waals surface area contributed by atoms with Crippen LogP contribution in [0.3, 0.4) is 0 Å². The van der Waals surface area contributed by atoms with Crippen LogP contribution in [0.25, 0.3) is 0 Å². The van der Waals surface area contributed by atoms with E-state index in [1.54, 1.807) is 11.8 Å². The summed E-state index contributed by atoms with van der Waals surface area (Å²) in [5.74, 6) is 0.0922. The van der Waals surface area contributed by atoms with Crippen molar-refractivity contribution in [2.24, 2.45) is 11.1 Å². The van der Waals surface area contributed by atoms with E-state index in [2.05, 4.69) is 0 Å². The molecule has 7 nitrogen and oxygen atoms in total. The third-order valence-electron chi connectivity index (χ3n) is 4.46. The van der Waals surface area contributed by atoms with Crippen molar-refractivity contribution in [2.75, 3.05) is 27.2 Å². The van der Waals surface area contributed by atoms with E-state index in [4.69, 9.17) is 10.2 Å². The summed E-state index contributed by atoms with van der Waals surface area (Å²) in [7, 11) is -0.859. The van der Waals surface area contributed by atoms with Crippen LogP contribution in [0.15, 0.2) is 15.6 Å². The number of halogens is 1. The second-order valence-electron chi connectivity index (χ2n) is 6.93. The normalized spacial score (nSPS) is 20.8. The maximum atomic E-state index is 12.7. The van der Waals surface area contributed by atoms with Crippen molar-refractivity contribution in [1.82, 2.24) is 9.21 Å². The number of piperidine rings is 1. The average molecular weight is 380 g/mol. The molecule has 0 radical (unpaired) electrons. The number of nitrogens with two attached hydrogens (primary N) is 1. The van der Waals surface area contributed by atoms with Crippen LogP contribution in [-0.2, 0) is 10.0 Å². The third-order valence-corrected chi connectivity index (χ3v) is 6.13. The van der Waals surface area contributed by atoms with E-state index in [1.807, 2.05) is 13.8 Å². The van der Waals surface area contributed by atoms with E-state index in [0.717, 1.165) is 10.7 Å². The molecule has 1 aromatic heterocycles. The molecule has 138 valence electrons. The van der Waals surface area contributed by atoms with Crippen molar-refractivity contribution in [3.8, 4) is 0 Å². The molecule has 1 saturated heterocycles. The number of hydrogen-bond acceptors (Lipinski definition) is 5. The lowest BCUT2D eigenvalue weighted by Crippen LogP contribution is -2.54. The number of sulfonamides is 1. The van der Waals surface area contributed by atoms with E-state index < -0.39 is 10.0 Å². The molecule has 0 bridgehead atoms. The lowest BCUT2D eigenvalue weighted by atomic mass is 9.79. The van der Waals surface area contributed by atoms with Crippen molar-refractivity contribution in [1.29, 1.82) is 0 Å². The van der Waals surface area contributed by atoms with Crippen LogP contribution in [-0.4, -0.2) is 56.8 Å². The van der Waals surface area contributed by atoms with Crippen LogP contribution in [0.2, 0.25) is 0 Å². The summed E-state index contributed by atoms with van der Waals surface area (Å²) in [4.78, 5) is 14.5. The zero-order valence-corrected chi connectivity index (χ0v) is 16.3. The minimum absolute atomic E-state index is 0. The molecule has 2 rings (SSSR count). The van der Waals surface area contributed by atoms with E-state index in [1.165, 1.54) is 20.2 Å². The Morgan fingerprint density at radius 2 is 2.00 bits per heavy atom. The molecule has 1 atom stereocenters. The van der Waals surface area contributed by atoms with Crippen LogP contribution < -0.4 is 5.73 Å². The van der Waals surface area contributed by atoms with Gasteiger partial charge in [-0.25, -0.2) is 12.7 Å². The van der Waals surface area contributed by atoms with Crippen LogP contribution in [0.4, 0.5) is 0 Å². The number of amides is 1. The first kappa shape index (κ1) is 21.0. The van der Waals surface area contributed by atoms with E-state index >= 15 is 0 Å². The lowest BCUT2D eigenvalue weighted by molar-refractivity contribution is 0.0531. The SMILES string of the molecule is Cc1oc(S(=O)(=O)N(C)C)cc1C(=O)N1CCC(N)C(C)(C)C1.Cl. The average Bonchev–Trinajstić information content (AvgIpc) is 2.83. The highest BCUT2D eigenvalue weighted by Gasteiger charge is 2.37. The Hall–Kier alpha value is -1.09. The van der Waals surface area contributed by atoms with E-state index in [9.17, 15) is 13.2 Å². The fourth-order valence-electron chi connectivity index (χ4n) is 2.69. The fourth-order valence-corrected chi connectivity index (χ4v) is 3.55. The number of hydrogen-bond donors (Lipinski definition) is 1. The molecule has 9 heteroatoms. The summed E-state index contributed by atoms with van der Waals surface area (Å²) >= 11 is 0. The maximum Gasteiger partial charge on any atom is 0.275 e. The Morgan fingerprint density at radius 3 is 2.50 bits per heavy atom. The Labute approximate surface area is 149 Å². The van der Waals surface area contributed by atoms with Gasteiger partial charge in [0.1, 0.15) is 5.76 Å². The predicted molar refractivity (Wildman–Crippen MR) is 93.8 cm³/mol. The van der Waals surface area contributed by atoms with Crippen LogP contribution >= 0.6 is 12.4 Å². The van der Waals surface area contributed by atoms with Gasteiger partial charge in [-0.15, -0.1) is 12.4 Å². The lowest BCUT2D eigenvalue weighted by Gasteiger charge is -2.42. The van der Waals surface area contributed by atoms with Gasteiger partial charge in [0.05, 0.1) is 5.56 Å². The Kier molecular flexibility index (Phi) is 6.14. The minimum Gasteiger partial charge on any atom is -0.448 e. The van der Waals surface area contributed by atoms with Gasteiger partial charge in [0.15, 0.2) is 0 Å². The molecule has 2 heterocycles. The monoisotopic (exact) mass is 379 g/mol. The molecule has 1 unspecified atom stereocenters. The highest BCUT2D eigenvalue weighted by atomic mass is 35.5. The number of carbonyl (C=O) groups is 1. The number of furan rings is 1. The molecule has 0 aliphatic carbocycles. The number of aryl methyl sites for hydroxylation is 1. The topological polar surface area (TPSA) is 96.8 Å². The molecule has 2 N–H and O–H groups in total. The van der Waals surface area contributed by atoms with Crippen molar-refractivity contribution in [3.05, 3.63) is 17.4 Å². The molecule has 0 saturated carbocycles. The Bertz CT molecular complexity index is 712. The van der Waals surface area contributed by atoms with Crippen molar-refractivity contribution < 1.29 is 17.6 Å². The quantitative estimate of drug-likeness (QED) is 0.857. The molecule has 1 aliphatic heterocycles. The standard InChI is InChI=1S/C15H25N3O4S.ClH/c1-10-11(8-13(22-10)23(20,21)17(4)5)14(19)18-7-6-12(16)15(2,3)9-18;/h8,12H,6-7,9,16H2,1-5H3;1H. The third kappa shape index (κ3) is 3.77. The molecule has 1 aliphatic rings. The van der Waals surface area contributed by atoms with Gasteiger partial charge in [-0.1, -0.05) is 13.8 Å². The second kappa shape index (κ2) is 7.03. The second-order valence-corrected chi connectivity index (χ2v) is 9.02. The zero-order valence-electron chi connectivity index (χ0n) is 14.7. The number of carbonyl (C=O) groups excluding carboxylic acids is 1. The molecule has 1 aromatic rings. The van der Waals surface area contributed by atoms with Crippen LogP contribution in [0.5, 0.6) is 0 Å². The van der Waals surface area contributed by atoms with Gasteiger partial charge in [0.2, 0.25) is 5.09 Å². The van der Waals surface area contributed by atoms with E-state index in [0.29, 0.717) is 18.8 Å². The van der Waals surface area contributed by atoms with Gasteiger partial charge in [-0.05, 0) is 18.8 Å². The summed E-state index contributed by atoms with van der Waals surface area (Å²) < 4.78 is 30.6. The maximum absolute atomic E-state index is 12.7. The van der Waals surface area contributed by atoms with Gasteiger partial charge in [-0.3, -0.25) is 4.79 Å². The molecular formula is C15H26ClN3O4S. The molecular weight excluding hydrogens is 354 g/mol. The van der Waals surface area contributed by atoms with Gasteiger partial charge in [-0.2, -0.15) is 0 Å². The number of rotatable bonds is 3. The fraction of sp³-hybridized carbons (Fsp3) is 0.667. The summed E-state index contributed by atoms with van der Waals surface area (Å²) in [6.07, 6.45) is 0.721. The first-order valence-electron chi connectivity index (χ1n) is 7.54. The van der Waals surface area contributed by atoms with Crippen molar-refractivity contribution >= 4 is 28.3 Å². The van der Waals surface area contributed by atoms with Crippen molar-refractivity contribution in [3.63, 3.8) is 0 Å². The minimum atomic E-state index is -3.70. The van der Waals surface area contributed by atoms with Crippen LogP contribution in [0, 0.1) is 12.3 Å². The summed E-state index contributed by atoms with van der Waals surface area (Å²) in [6, 6.07) is 1.36. The highest BCUT2D eigenvalue weighted by Crippen LogP contribution is 2.30. The smallest absolute Gasteiger partial charge is 0.275 e. The summed E-state index contributed by atoms with van der Waals surface area (Å²) in [5.41, 5.74) is 6.21. The summed E-state index contributed by atoms with van der Waals surface area (Å²) in [5, 5.41) is -0.212. The van der Waals surface area contributed by atoms with Gasteiger partial charge >= 0.3 is 0 Å². The largest absolute Gasteiger partial charge is 0.448 e. The zero-order chi connectivity index (χ0) is 17.6. The molecule has 0 aromatic carbocycles. The number of likely N-dealkylation sites (tertiary alicyclic amines) is 1. The molecule has 1 amide bonds. The Morgan fingerprint density at radius 1 is 1.42 bits per heavy atom. The Balaban J connectivity index is 0.00000288. The molecule has 24 heavy (non-hydrogen) atoms. The van der Waals surface area contributed by atoms with Crippen molar-refractivity contribution in [2.45, 2.75) is 38.3 Å². The summed E-state index contributed by atoms with van der Waals surface area (Å²) in [6.45, 7) is 6.75. The van der Waals surface area contributed by atoms with Gasteiger partial charge < -0.3 is 15.1 Å². The van der Waals surface area contributed by atoms with Crippen LogP contribution in [0.1, 0.15) is 36.4 Å². The van der Waals surface area contributed by atoms with Gasteiger partial charge in [0.25, 0.3) is 15.9 Å². The number of nitrogens with zero attached hydrogens (tertiary/aromatic N) is 2. The first-order valence-corrected chi connectivity index (χ1v) is 8.98. The molecule has 0 spiro atoms. The van der Waals surface area contributed by atoms with E-state index in [-0.39, 0.29) is 40.4 Å². The highest BCUT2D eigenvalue weighted by molar-refractivity contribution is 7.88. The predicted octanol–water partition coefficient (Wildman–Crippen LogP) is 1.46. The van der Waals surface area contributed by atoms with Gasteiger partial charge in [0, 0.05) is 39.3 Å². The first-order chi connectivity index (χ1) is 10.5.